The van der Waals surface area contributed by atoms with E-state index in [4.69, 9.17) is 9.97 Å². The van der Waals surface area contributed by atoms with Gasteiger partial charge in [0.2, 0.25) is 0 Å². The Hall–Kier alpha value is -5.41. The summed E-state index contributed by atoms with van der Waals surface area (Å²) in [5.41, 5.74) is 12.6. The lowest BCUT2D eigenvalue weighted by atomic mass is 9.81. The topological polar surface area (TPSA) is 38.7 Å². The van der Waals surface area contributed by atoms with E-state index in [1.165, 1.54) is 44.2 Å². The zero-order valence-corrected chi connectivity index (χ0v) is 24.1. The molecule has 0 radical (unpaired) electrons. The molecule has 3 heteroatoms. The van der Waals surface area contributed by atoms with Crippen molar-refractivity contribution >= 4 is 10.8 Å². The summed E-state index contributed by atoms with van der Waals surface area (Å²) in [5.74, 6) is 0.663. The van der Waals surface area contributed by atoms with Crippen LogP contribution in [0, 0.1) is 0 Å². The van der Waals surface area contributed by atoms with Crippen molar-refractivity contribution in [3.05, 3.63) is 151 Å². The first-order chi connectivity index (χ1) is 21.1. The van der Waals surface area contributed by atoms with Crippen LogP contribution < -0.4 is 0 Å². The fourth-order valence-electron chi connectivity index (χ4n) is 6.55. The summed E-state index contributed by atoms with van der Waals surface area (Å²) in [4.78, 5) is 14.5. The molecule has 0 fully saturated rings. The summed E-state index contributed by atoms with van der Waals surface area (Å²) >= 11 is 0. The predicted molar refractivity (Wildman–Crippen MR) is 177 cm³/mol. The minimum absolute atomic E-state index is 0.0435. The number of benzene rings is 5. The monoisotopic (exact) mass is 551 g/mol. The SMILES string of the molecule is CC1(C)c2ccccc2-c2ccc(-c3cccc(-c4cc(-c5cccc6ccccc56)nc(-c5cccnc5)n4)c3)cc21. The van der Waals surface area contributed by atoms with Crippen molar-refractivity contribution in [3.8, 4) is 56.2 Å². The standard InChI is InChI=1S/C40H29N3/c1-40(2)35-18-6-5-16-32(35)33-20-19-28(23-36(33)40)27-12-7-13-29(22-27)37-24-38(43-39(42-37)30-14-9-21-41-25-30)34-17-8-11-26-10-3-4-15-31(26)34/h3-25H,1-2H3. The minimum Gasteiger partial charge on any atom is -0.264 e. The second kappa shape index (κ2) is 9.85. The third kappa shape index (κ3) is 4.24. The molecule has 0 amide bonds. The van der Waals surface area contributed by atoms with E-state index in [-0.39, 0.29) is 5.41 Å². The number of hydrogen-bond acceptors (Lipinski definition) is 3. The number of rotatable bonds is 4. The van der Waals surface area contributed by atoms with Crippen LogP contribution >= 0.6 is 0 Å². The second-order valence-corrected chi connectivity index (χ2v) is 11.7. The lowest BCUT2D eigenvalue weighted by Gasteiger charge is -2.22. The maximum atomic E-state index is 5.07. The van der Waals surface area contributed by atoms with Gasteiger partial charge in [-0.25, -0.2) is 9.97 Å². The summed E-state index contributed by atoms with van der Waals surface area (Å²) in [7, 11) is 0. The zero-order valence-electron chi connectivity index (χ0n) is 24.1. The molecule has 2 aromatic heterocycles. The van der Waals surface area contributed by atoms with Crippen molar-refractivity contribution < 1.29 is 0 Å². The molecule has 0 N–H and O–H groups in total. The molecule has 3 nitrogen and oxygen atoms in total. The fourth-order valence-corrected chi connectivity index (χ4v) is 6.55. The molecule has 0 saturated heterocycles. The zero-order chi connectivity index (χ0) is 29.0. The summed E-state index contributed by atoms with van der Waals surface area (Å²) in [5, 5.41) is 2.36. The van der Waals surface area contributed by atoms with Crippen molar-refractivity contribution in [2.75, 3.05) is 0 Å². The first-order valence-corrected chi connectivity index (χ1v) is 14.7. The quantitative estimate of drug-likeness (QED) is 0.218. The van der Waals surface area contributed by atoms with Gasteiger partial charge in [0.15, 0.2) is 5.82 Å². The van der Waals surface area contributed by atoms with E-state index in [2.05, 4.69) is 134 Å². The molecule has 0 aliphatic heterocycles. The van der Waals surface area contributed by atoms with Gasteiger partial charge in [0.05, 0.1) is 11.4 Å². The van der Waals surface area contributed by atoms with E-state index >= 15 is 0 Å². The van der Waals surface area contributed by atoms with Crippen molar-refractivity contribution in [2.45, 2.75) is 19.3 Å². The number of pyridine rings is 1. The summed E-state index contributed by atoms with van der Waals surface area (Å²) in [6.07, 6.45) is 3.60. The Bertz CT molecular complexity index is 2160. The Balaban J connectivity index is 1.27. The highest BCUT2D eigenvalue weighted by Gasteiger charge is 2.35. The highest BCUT2D eigenvalue weighted by atomic mass is 14.9. The summed E-state index contributed by atoms with van der Waals surface area (Å²) in [6, 6.07) is 45.3. The first-order valence-electron chi connectivity index (χ1n) is 14.7. The van der Waals surface area contributed by atoms with E-state index in [1.807, 2.05) is 18.3 Å². The van der Waals surface area contributed by atoms with Gasteiger partial charge in [-0.2, -0.15) is 0 Å². The molecular formula is C40H29N3. The number of fused-ring (bicyclic) bond motifs is 4. The van der Waals surface area contributed by atoms with Crippen LogP contribution in [0.5, 0.6) is 0 Å². The third-order valence-corrected chi connectivity index (χ3v) is 8.79. The average Bonchev–Trinajstić information content (AvgIpc) is 3.30. The Labute approximate surface area is 251 Å². The van der Waals surface area contributed by atoms with Gasteiger partial charge in [0, 0.05) is 34.5 Å². The van der Waals surface area contributed by atoms with Crippen LogP contribution in [0.1, 0.15) is 25.0 Å². The normalized spacial score (nSPS) is 13.1. The Kier molecular flexibility index (Phi) is 5.80. The fraction of sp³-hybridized carbons (Fsp3) is 0.0750. The van der Waals surface area contributed by atoms with Gasteiger partial charge in [-0.3, -0.25) is 4.98 Å². The Morgan fingerprint density at radius 1 is 0.488 bits per heavy atom. The Morgan fingerprint density at radius 2 is 1.19 bits per heavy atom. The molecule has 0 unspecified atom stereocenters. The molecule has 2 heterocycles. The highest BCUT2D eigenvalue weighted by Crippen LogP contribution is 2.49. The molecule has 1 aliphatic rings. The van der Waals surface area contributed by atoms with Gasteiger partial charge in [0.25, 0.3) is 0 Å². The summed E-state index contributed by atoms with van der Waals surface area (Å²) < 4.78 is 0. The second-order valence-electron chi connectivity index (χ2n) is 11.7. The number of aromatic nitrogens is 3. The number of hydrogen-bond donors (Lipinski definition) is 0. The Morgan fingerprint density at radius 3 is 2.09 bits per heavy atom. The molecule has 1 aliphatic carbocycles. The van der Waals surface area contributed by atoms with Gasteiger partial charge >= 0.3 is 0 Å². The largest absolute Gasteiger partial charge is 0.264 e. The van der Waals surface area contributed by atoms with Crippen molar-refractivity contribution in [1.82, 2.24) is 15.0 Å². The molecular weight excluding hydrogens is 522 g/mol. The van der Waals surface area contributed by atoms with Crippen LogP contribution in [-0.4, -0.2) is 15.0 Å². The molecule has 5 aromatic carbocycles. The molecule has 0 saturated carbocycles. The van der Waals surface area contributed by atoms with E-state index in [9.17, 15) is 0 Å². The molecule has 8 rings (SSSR count). The van der Waals surface area contributed by atoms with Crippen molar-refractivity contribution in [3.63, 3.8) is 0 Å². The third-order valence-electron chi connectivity index (χ3n) is 8.79. The van der Waals surface area contributed by atoms with Crippen molar-refractivity contribution in [2.24, 2.45) is 0 Å². The van der Waals surface area contributed by atoms with E-state index in [0.29, 0.717) is 5.82 Å². The predicted octanol–water partition coefficient (Wildman–Crippen LogP) is 10.00. The molecule has 0 spiro atoms. The van der Waals surface area contributed by atoms with Crippen LogP contribution in [0.4, 0.5) is 0 Å². The van der Waals surface area contributed by atoms with Crippen LogP contribution in [0.25, 0.3) is 66.9 Å². The van der Waals surface area contributed by atoms with Gasteiger partial charge in [0.1, 0.15) is 0 Å². The summed E-state index contributed by atoms with van der Waals surface area (Å²) in [6.45, 7) is 4.65. The van der Waals surface area contributed by atoms with Crippen LogP contribution in [0.2, 0.25) is 0 Å². The lowest BCUT2D eigenvalue weighted by molar-refractivity contribution is 0.660. The maximum Gasteiger partial charge on any atom is 0.161 e. The molecule has 0 atom stereocenters. The van der Waals surface area contributed by atoms with Crippen LogP contribution in [0.15, 0.2) is 140 Å². The first kappa shape index (κ1) is 25.3. The lowest BCUT2D eigenvalue weighted by Crippen LogP contribution is -2.14. The molecule has 43 heavy (non-hydrogen) atoms. The maximum absolute atomic E-state index is 5.07. The van der Waals surface area contributed by atoms with Gasteiger partial charge < -0.3 is 0 Å². The average molecular weight is 552 g/mol. The minimum atomic E-state index is -0.0435. The molecule has 7 aromatic rings. The van der Waals surface area contributed by atoms with Crippen LogP contribution in [-0.2, 0) is 5.41 Å². The smallest absolute Gasteiger partial charge is 0.161 e. The molecule has 0 bridgehead atoms. The highest BCUT2D eigenvalue weighted by molar-refractivity contribution is 5.96. The van der Waals surface area contributed by atoms with Crippen molar-refractivity contribution in [1.29, 1.82) is 0 Å². The van der Waals surface area contributed by atoms with Gasteiger partial charge in [-0.05, 0) is 74.5 Å². The molecule has 204 valence electrons. The van der Waals surface area contributed by atoms with E-state index < -0.39 is 0 Å². The van der Waals surface area contributed by atoms with E-state index in [0.717, 1.165) is 28.1 Å². The van der Waals surface area contributed by atoms with Gasteiger partial charge in [-0.15, -0.1) is 0 Å². The van der Waals surface area contributed by atoms with Crippen LogP contribution in [0.3, 0.4) is 0 Å². The van der Waals surface area contributed by atoms with Gasteiger partial charge in [-0.1, -0.05) is 111 Å². The number of nitrogens with zero attached hydrogens (tertiary/aromatic N) is 3. The van der Waals surface area contributed by atoms with E-state index in [1.54, 1.807) is 6.20 Å².